The molecule has 2 aliphatic rings. The number of hydrogen-bond donors (Lipinski definition) is 1. The van der Waals surface area contributed by atoms with Crippen LogP contribution in [0.25, 0.3) is 0 Å². The van der Waals surface area contributed by atoms with Crippen molar-refractivity contribution >= 4 is 5.91 Å². The molecule has 1 aromatic rings. The highest BCUT2D eigenvalue weighted by molar-refractivity contribution is 5.95. The van der Waals surface area contributed by atoms with Gasteiger partial charge >= 0.3 is 0 Å². The number of rotatable bonds is 2. The molecule has 0 aliphatic carbocycles. The van der Waals surface area contributed by atoms with Gasteiger partial charge in [-0.2, -0.15) is 0 Å². The molecule has 1 N–H and O–H groups in total. The van der Waals surface area contributed by atoms with E-state index in [1.807, 2.05) is 4.90 Å². The van der Waals surface area contributed by atoms with E-state index in [-0.39, 0.29) is 23.3 Å². The second-order valence-corrected chi connectivity index (χ2v) is 6.20. The number of nitrogens with zero attached hydrogens (tertiary/aromatic N) is 1. The molecule has 2 unspecified atom stereocenters. The van der Waals surface area contributed by atoms with Crippen LogP contribution in [0.3, 0.4) is 0 Å². The average molecular weight is 290 g/mol. The molecule has 0 aromatic heterocycles. The van der Waals surface area contributed by atoms with Gasteiger partial charge in [0.1, 0.15) is 5.82 Å². The maximum atomic E-state index is 14.2. The third-order valence-corrected chi connectivity index (χ3v) is 4.80. The van der Waals surface area contributed by atoms with Gasteiger partial charge in [0.05, 0.1) is 5.56 Å². The predicted octanol–water partition coefficient (Wildman–Crippen LogP) is 2.88. The van der Waals surface area contributed by atoms with Crippen molar-refractivity contribution in [3.8, 4) is 0 Å². The van der Waals surface area contributed by atoms with Crippen LogP contribution in [0.15, 0.2) is 18.2 Å². The van der Waals surface area contributed by atoms with E-state index in [1.165, 1.54) is 6.42 Å². The Morgan fingerprint density at radius 3 is 2.90 bits per heavy atom. The van der Waals surface area contributed by atoms with E-state index in [1.54, 1.807) is 25.1 Å². The maximum absolute atomic E-state index is 14.2. The Morgan fingerprint density at radius 2 is 2.14 bits per heavy atom. The fraction of sp³-hybridized carbons (Fsp3) is 0.588. The van der Waals surface area contributed by atoms with E-state index >= 15 is 0 Å². The van der Waals surface area contributed by atoms with Crippen LogP contribution in [0.1, 0.15) is 48.0 Å². The van der Waals surface area contributed by atoms with Gasteiger partial charge in [0.2, 0.25) is 0 Å². The lowest BCUT2D eigenvalue weighted by molar-refractivity contribution is 0.0558. The number of hydrogen-bond acceptors (Lipinski definition) is 2. The number of halogens is 1. The Bertz CT molecular complexity index is 526. The third-order valence-electron chi connectivity index (χ3n) is 4.80. The zero-order chi connectivity index (χ0) is 14.8. The quantitative estimate of drug-likeness (QED) is 0.908. The Kier molecular flexibility index (Phi) is 4.24. The van der Waals surface area contributed by atoms with Crippen molar-refractivity contribution in [3.63, 3.8) is 0 Å². The fourth-order valence-corrected chi connectivity index (χ4v) is 3.64. The monoisotopic (exact) mass is 290 g/mol. The summed E-state index contributed by atoms with van der Waals surface area (Å²) in [6.07, 6.45) is 5.48. The molecule has 0 spiro atoms. The van der Waals surface area contributed by atoms with Crippen LogP contribution < -0.4 is 5.32 Å². The molecule has 3 rings (SSSR count). The minimum atomic E-state index is -0.369. The van der Waals surface area contributed by atoms with Crippen LogP contribution in [0, 0.1) is 12.7 Å². The standard InChI is InChI=1S/C17H23FN2O/c1-12-6-4-7-13(16(12)18)17(21)20-11-3-2-9-15(20)14-8-5-10-19-14/h4,6-7,14-15,19H,2-3,5,8-11H2,1H3. The topological polar surface area (TPSA) is 32.3 Å². The molecule has 3 nitrogen and oxygen atoms in total. The van der Waals surface area contributed by atoms with Crippen molar-refractivity contribution in [2.45, 2.75) is 51.1 Å². The summed E-state index contributed by atoms with van der Waals surface area (Å²) >= 11 is 0. The van der Waals surface area contributed by atoms with Crippen LogP contribution in [0.4, 0.5) is 4.39 Å². The van der Waals surface area contributed by atoms with Gasteiger partial charge in [0.15, 0.2) is 0 Å². The first-order valence-electron chi connectivity index (χ1n) is 7.98. The number of carbonyl (C=O) groups excluding carboxylic acids is 1. The summed E-state index contributed by atoms with van der Waals surface area (Å²) in [5, 5.41) is 3.50. The van der Waals surface area contributed by atoms with Gasteiger partial charge in [-0.05, 0) is 57.2 Å². The first-order chi connectivity index (χ1) is 10.2. The van der Waals surface area contributed by atoms with Crippen molar-refractivity contribution in [1.82, 2.24) is 10.2 Å². The SMILES string of the molecule is Cc1cccc(C(=O)N2CCCCC2C2CCCN2)c1F. The lowest BCUT2D eigenvalue weighted by Gasteiger charge is -2.39. The summed E-state index contributed by atoms with van der Waals surface area (Å²) in [6.45, 7) is 3.48. The van der Waals surface area contributed by atoms with Gasteiger partial charge < -0.3 is 10.2 Å². The summed E-state index contributed by atoms with van der Waals surface area (Å²) in [4.78, 5) is 14.7. The first kappa shape index (κ1) is 14.5. The third kappa shape index (κ3) is 2.82. The number of carbonyl (C=O) groups is 1. The first-order valence-corrected chi connectivity index (χ1v) is 7.98. The maximum Gasteiger partial charge on any atom is 0.257 e. The highest BCUT2D eigenvalue weighted by Gasteiger charge is 2.35. The molecule has 2 fully saturated rings. The van der Waals surface area contributed by atoms with Crippen LogP contribution in [0.5, 0.6) is 0 Å². The Hall–Kier alpha value is -1.42. The molecule has 2 heterocycles. The van der Waals surface area contributed by atoms with Gasteiger partial charge in [-0.25, -0.2) is 4.39 Å². The molecule has 0 saturated carbocycles. The lowest BCUT2D eigenvalue weighted by atomic mass is 9.93. The van der Waals surface area contributed by atoms with E-state index in [9.17, 15) is 9.18 Å². The molecule has 2 aliphatic heterocycles. The fourth-order valence-electron chi connectivity index (χ4n) is 3.64. The summed E-state index contributed by atoms with van der Waals surface area (Å²) in [6, 6.07) is 5.67. The number of likely N-dealkylation sites (tertiary alicyclic amines) is 1. The molecule has 2 saturated heterocycles. The van der Waals surface area contributed by atoms with E-state index in [2.05, 4.69) is 5.32 Å². The second kappa shape index (κ2) is 6.14. The second-order valence-electron chi connectivity index (χ2n) is 6.20. The van der Waals surface area contributed by atoms with E-state index in [0.717, 1.165) is 38.8 Å². The van der Waals surface area contributed by atoms with Crippen LogP contribution in [0.2, 0.25) is 0 Å². The molecule has 1 aromatic carbocycles. The van der Waals surface area contributed by atoms with Gasteiger partial charge in [0.25, 0.3) is 5.91 Å². The number of nitrogens with one attached hydrogen (secondary N) is 1. The van der Waals surface area contributed by atoms with Crippen LogP contribution in [-0.4, -0.2) is 36.0 Å². The smallest absolute Gasteiger partial charge is 0.257 e. The van der Waals surface area contributed by atoms with Crippen molar-refractivity contribution in [3.05, 3.63) is 35.1 Å². The van der Waals surface area contributed by atoms with E-state index < -0.39 is 0 Å². The van der Waals surface area contributed by atoms with Crippen LogP contribution >= 0.6 is 0 Å². The highest BCUT2D eigenvalue weighted by Crippen LogP contribution is 2.26. The molecule has 114 valence electrons. The molecular weight excluding hydrogens is 267 g/mol. The lowest BCUT2D eigenvalue weighted by Crippen LogP contribution is -2.52. The van der Waals surface area contributed by atoms with Crippen LogP contribution in [-0.2, 0) is 0 Å². The highest BCUT2D eigenvalue weighted by atomic mass is 19.1. The van der Waals surface area contributed by atoms with Gasteiger partial charge in [0, 0.05) is 18.6 Å². The average Bonchev–Trinajstić information content (AvgIpc) is 3.03. The molecule has 0 bridgehead atoms. The van der Waals surface area contributed by atoms with Gasteiger partial charge in [-0.3, -0.25) is 4.79 Å². The van der Waals surface area contributed by atoms with Crippen molar-refractivity contribution in [1.29, 1.82) is 0 Å². The molecule has 4 heteroatoms. The molecule has 0 radical (unpaired) electrons. The summed E-state index contributed by atoms with van der Waals surface area (Å²) in [7, 11) is 0. The largest absolute Gasteiger partial charge is 0.334 e. The molecule has 21 heavy (non-hydrogen) atoms. The summed E-state index contributed by atoms with van der Waals surface area (Å²) < 4.78 is 14.2. The van der Waals surface area contributed by atoms with Gasteiger partial charge in [-0.15, -0.1) is 0 Å². The van der Waals surface area contributed by atoms with E-state index in [4.69, 9.17) is 0 Å². The van der Waals surface area contributed by atoms with Gasteiger partial charge in [-0.1, -0.05) is 12.1 Å². The van der Waals surface area contributed by atoms with Crippen molar-refractivity contribution in [2.24, 2.45) is 0 Å². The van der Waals surface area contributed by atoms with Crippen molar-refractivity contribution < 1.29 is 9.18 Å². The van der Waals surface area contributed by atoms with E-state index in [0.29, 0.717) is 11.6 Å². The number of benzene rings is 1. The summed E-state index contributed by atoms with van der Waals surface area (Å²) in [5.41, 5.74) is 0.758. The molecule has 1 amide bonds. The number of aryl methyl sites for hydroxylation is 1. The Labute approximate surface area is 125 Å². The Morgan fingerprint density at radius 1 is 1.29 bits per heavy atom. The van der Waals surface area contributed by atoms with Crippen molar-refractivity contribution in [2.75, 3.05) is 13.1 Å². The zero-order valence-electron chi connectivity index (χ0n) is 12.6. The number of amides is 1. The minimum absolute atomic E-state index is 0.144. The summed E-state index contributed by atoms with van der Waals surface area (Å²) in [5.74, 6) is -0.513. The number of piperidine rings is 1. The Balaban J connectivity index is 1.85. The minimum Gasteiger partial charge on any atom is -0.334 e. The predicted molar refractivity (Wildman–Crippen MR) is 80.8 cm³/mol. The molecule has 2 atom stereocenters. The zero-order valence-corrected chi connectivity index (χ0v) is 12.6. The normalized spacial score (nSPS) is 26.1. The molecular formula is C17H23FN2O.